The average molecular weight is 290 g/mol. The van der Waals surface area contributed by atoms with Gasteiger partial charge in [-0.05, 0) is 18.2 Å². The number of ether oxygens (including phenoxy) is 2. The quantitative estimate of drug-likeness (QED) is 0.641. The molecule has 0 spiro atoms. The lowest BCUT2D eigenvalue weighted by atomic mass is 10.2. The van der Waals surface area contributed by atoms with Gasteiger partial charge in [-0.1, -0.05) is 0 Å². The maximum atomic E-state index is 11.0. The summed E-state index contributed by atoms with van der Waals surface area (Å²) in [6, 6.07) is 7.70. The van der Waals surface area contributed by atoms with Gasteiger partial charge in [-0.2, -0.15) is 0 Å². The molecule has 0 aliphatic carbocycles. The van der Waals surface area contributed by atoms with E-state index in [1.165, 1.54) is 26.4 Å². The van der Waals surface area contributed by atoms with Crippen LogP contribution in [0.3, 0.4) is 0 Å². The Labute approximate surface area is 120 Å². The molecule has 1 heterocycles. The van der Waals surface area contributed by atoms with Crippen molar-refractivity contribution in [3.8, 4) is 11.5 Å². The van der Waals surface area contributed by atoms with Crippen molar-refractivity contribution in [1.29, 1.82) is 0 Å². The highest BCUT2D eigenvalue weighted by Crippen LogP contribution is 2.34. The third-order valence-corrected chi connectivity index (χ3v) is 2.75. The molecule has 0 saturated carbocycles. The van der Waals surface area contributed by atoms with E-state index in [1.54, 1.807) is 18.2 Å². The highest BCUT2D eigenvalue weighted by atomic mass is 16.6. The van der Waals surface area contributed by atoms with E-state index in [0.29, 0.717) is 17.2 Å². The Balaban J connectivity index is 2.46. The van der Waals surface area contributed by atoms with Crippen molar-refractivity contribution in [3.05, 3.63) is 40.4 Å². The third kappa shape index (κ3) is 3.11. The lowest BCUT2D eigenvalue weighted by Crippen LogP contribution is -2.03. The van der Waals surface area contributed by atoms with Crippen molar-refractivity contribution in [1.82, 2.24) is 4.98 Å². The summed E-state index contributed by atoms with van der Waals surface area (Å²) < 4.78 is 10.3. The van der Waals surface area contributed by atoms with Gasteiger partial charge in [0.25, 0.3) is 0 Å². The van der Waals surface area contributed by atoms with Gasteiger partial charge in [0.2, 0.25) is 5.82 Å². The van der Waals surface area contributed by atoms with Crippen LogP contribution >= 0.6 is 0 Å². The lowest BCUT2D eigenvalue weighted by Gasteiger charge is -2.12. The molecule has 0 fully saturated rings. The standard InChI is InChI=1S/C13H14N4O4/c1-20-8-3-5-11(21-2)9(7-8)15-13-10(17(18)19)4-6-12(14)16-13/h3-7H,1-2H3,(H3,14,15,16). The molecule has 0 aliphatic rings. The van der Waals surface area contributed by atoms with E-state index >= 15 is 0 Å². The molecule has 0 bridgehead atoms. The minimum atomic E-state index is -0.540. The topological polar surface area (TPSA) is 113 Å². The summed E-state index contributed by atoms with van der Waals surface area (Å²) in [5.41, 5.74) is 5.88. The van der Waals surface area contributed by atoms with Crippen LogP contribution in [0.25, 0.3) is 0 Å². The fourth-order valence-corrected chi connectivity index (χ4v) is 1.75. The second-order valence-corrected chi connectivity index (χ2v) is 4.05. The van der Waals surface area contributed by atoms with Gasteiger partial charge in [-0.3, -0.25) is 10.1 Å². The van der Waals surface area contributed by atoms with Crippen molar-refractivity contribution >= 4 is 23.0 Å². The van der Waals surface area contributed by atoms with Crippen LogP contribution in [0.4, 0.5) is 23.0 Å². The number of nitro groups is 1. The maximum absolute atomic E-state index is 11.0. The van der Waals surface area contributed by atoms with Crippen LogP contribution in [0.1, 0.15) is 0 Å². The number of aromatic nitrogens is 1. The highest BCUT2D eigenvalue weighted by Gasteiger charge is 2.17. The molecule has 0 atom stereocenters. The van der Waals surface area contributed by atoms with Gasteiger partial charge in [0.05, 0.1) is 24.8 Å². The second kappa shape index (κ2) is 5.95. The number of hydrogen-bond donors (Lipinski definition) is 2. The summed E-state index contributed by atoms with van der Waals surface area (Å²) >= 11 is 0. The second-order valence-electron chi connectivity index (χ2n) is 4.05. The molecule has 8 heteroatoms. The van der Waals surface area contributed by atoms with Gasteiger partial charge in [0.1, 0.15) is 17.3 Å². The Hall–Kier alpha value is -3.03. The predicted octanol–water partition coefficient (Wildman–Crippen LogP) is 2.33. The molecular formula is C13H14N4O4. The summed E-state index contributed by atoms with van der Waals surface area (Å²) in [7, 11) is 3.01. The third-order valence-electron chi connectivity index (χ3n) is 2.75. The molecule has 2 rings (SSSR count). The number of hydrogen-bond acceptors (Lipinski definition) is 7. The number of nitrogens with one attached hydrogen (secondary N) is 1. The van der Waals surface area contributed by atoms with Gasteiger partial charge >= 0.3 is 5.69 Å². The van der Waals surface area contributed by atoms with Crippen LogP contribution < -0.4 is 20.5 Å². The first kappa shape index (κ1) is 14.4. The Bertz CT molecular complexity index is 675. The van der Waals surface area contributed by atoms with Gasteiger partial charge in [0, 0.05) is 12.1 Å². The fraction of sp³-hybridized carbons (Fsp3) is 0.154. The molecule has 0 amide bonds. The number of pyridine rings is 1. The van der Waals surface area contributed by atoms with Crippen molar-refractivity contribution in [2.45, 2.75) is 0 Å². The van der Waals surface area contributed by atoms with Crippen LogP contribution in [0.15, 0.2) is 30.3 Å². The summed E-state index contributed by atoms with van der Waals surface area (Å²) in [5.74, 6) is 1.27. The van der Waals surface area contributed by atoms with Crippen molar-refractivity contribution in [3.63, 3.8) is 0 Å². The normalized spacial score (nSPS) is 10.0. The maximum Gasteiger partial charge on any atom is 0.311 e. The molecular weight excluding hydrogens is 276 g/mol. The first-order valence-electron chi connectivity index (χ1n) is 5.95. The zero-order chi connectivity index (χ0) is 15.4. The molecule has 1 aromatic carbocycles. The van der Waals surface area contributed by atoms with Gasteiger partial charge < -0.3 is 20.5 Å². The molecule has 3 N–H and O–H groups in total. The molecule has 2 aromatic rings. The van der Waals surface area contributed by atoms with Gasteiger partial charge in [-0.15, -0.1) is 0 Å². The monoisotopic (exact) mass is 290 g/mol. The molecule has 0 unspecified atom stereocenters. The van der Waals surface area contributed by atoms with E-state index in [2.05, 4.69) is 10.3 Å². The smallest absolute Gasteiger partial charge is 0.311 e. The van der Waals surface area contributed by atoms with Crippen molar-refractivity contribution in [2.75, 3.05) is 25.3 Å². The minimum Gasteiger partial charge on any atom is -0.497 e. The highest BCUT2D eigenvalue weighted by molar-refractivity contribution is 5.72. The summed E-state index contributed by atoms with van der Waals surface area (Å²) in [6.45, 7) is 0. The van der Waals surface area contributed by atoms with Gasteiger partial charge in [-0.25, -0.2) is 4.98 Å². The molecule has 1 aromatic heterocycles. The molecule has 8 nitrogen and oxygen atoms in total. The zero-order valence-electron chi connectivity index (χ0n) is 11.5. The predicted molar refractivity (Wildman–Crippen MR) is 78.1 cm³/mol. The zero-order valence-corrected chi connectivity index (χ0v) is 11.5. The fourth-order valence-electron chi connectivity index (χ4n) is 1.75. The number of rotatable bonds is 5. The first-order chi connectivity index (χ1) is 10.0. The minimum absolute atomic E-state index is 0.0338. The van der Waals surface area contributed by atoms with Crippen molar-refractivity contribution < 1.29 is 14.4 Å². The SMILES string of the molecule is COc1ccc(OC)c(Nc2nc(N)ccc2[N+](=O)[O-])c1. The Morgan fingerprint density at radius 3 is 2.62 bits per heavy atom. The Kier molecular flexibility index (Phi) is 4.07. The summed E-state index contributed by atoms with van der Waals surface area (Å²) in [6.07, 6.45) is 0. The van der Waals surface area contributed by atoms with Crippen LogP contribution in [-0.2, 0) is 0 Å². The van der Waals surface area contributed by atoms with Crippen LogP contribution in [0, 0.1) is 10.1 Å². The number of nitrogens with two attached hydrogens (primary N) is 1. The molecule has 0 radical (unpaired) electrons. The average Bonchev–Trinajstić information content (AvgIpc) is 2.47. The first-order valence-corrected chi connectivity index (χ1v) is 5.95. The van der Waals surface area contributed by atoms with E-state index in [0.717, 1.165) is 0 Å². The van der Waals surface area contributed by atoms with E-state index in [9.17, 15) is 10.1 Å². The van der Waals surface area contributed by atoms with Crippen molar-refractivity contribution in [2.24, 2.45) is 0 Å². The number of benzene rings is 1. The van der Waals surface area contributed by atoms with Crippen LogP contribution in [0.5, 0.6) is 11.5 Å². The molecule has 110 valence electrons. The Morgan fingerprint density at radius 2 is 2.00 bits per heavy atom. The van der Waals surface area contributed by atoms with E-state index in [-0.39, 0.29) is 17.3 Å². The Morgan fingerprint density at radius 1 is 1.24 bits per heavy atom. The van der Waals surface area contributed by atoms with Gasteiger partial charge in [0.15, 0.2) is 0 Å². The van der Waals surface area contributed by atoms with Crippen LogP contribution in [0.2, 0.25) is 0 Å². The van der Waals surface area contributed by atoms with E-state index < -0.39 is 4.92 Å². The number of methoxy groups -OCH3 is 2. The molecule has 21 heavy (non-hydrogen) atoms. The number of nitrogen functional groups attached to an aromatic ring is 1. The molecule has 0 aliphatic heterocycles. The summed E-state index contributed by atoms with van der Waals surface area (Å²) in [5, 5.41) is 13.9. The number of anilines is 3. The summed E-state index contributed by atoms with van der Waals surface area (Å²) in [4.78, 5) is 14.4. The largest absolute Gasteiger partial charge is 0.497 e. The molecule has 0 saturated heterocycles. The van der Waals surface area contributed by atoms with Crippen LogP contribution in [-0.4, -0.2) is 24.1 Å². The lowest BCUT2D eigenvalue weighted by molar-refractivity contribution is -0.384. The van der Waals surface area contributed by atoms with E-state index in [4.69, 9.17) is 15.2 Å². The van der Waals surface area contributed by atoms with E-state index in [1.807, 2.05) is 0 Å². The number of nitrogens with zero attached hydrogens (tertiary/aromatic N) is 2.